The Morgan fingerprint density at radius 3 is 2.60 bits per heavy atom. The van der Waals surface area contributed by atoms with Crippen molar-refractivity contribution in [2.75, 3.05) is 6.61 Å². The summed E-state index contributed by atoms with van der Waals surface area (Å²) in [6.07, 6.45) is 2.03. The number of hydrogen-bond donors (Lipinski definition) is 1. The molecule has 0 amide bonds. The van der Waals surface area contributed by atoms with Crippen molar-refractivity contribution in [1.82, 2.24) is 0 Å². The van der Waals surface area contributed by atoms with E-state index in [0.29, 0.717) is 6.61 Å². The minimum Gasteiger partial charge on any atom is -0.493 e. The summed E-state index contributed by atoms with van der Waals surface area (Å²) < 4.78 is 6.90. The zero-order valence-electron chi connectivity index (χ0n) is 11.7. The van der Waals surface area contributed by atoms with Gasteiger partial charge in [-0.1, -0.05) is 46.3 Å². The Kier molecular flexibility index (Phi) is 5.62. The van der Waals surface area contributed by atoms with E-state index in [1.165, 1.54) is 5.56 Å². The topological polar surface area (TPSA) is 35.2 Å². The third-order valence-electron chi connectivity index (χ3n) is 3.17. The maximum atomic E-state index is 5.98. The number of benzene rings is 2. The van der Waals surface area contributed by atoms with E-state index in [1.54, 1.807) is 0 Å². The number of hydrogen-bond acceptors (Lipinski definition) is 2. The fourth-order valence-corrected chi connectivity index (χ4v) is 2.49. The Morgan fingerprint density at radius 1 is 1.15 bits per heavy atom. The molecule has 2 rings (SSSR count). The molecule has 2 aromatic rings. The predicted molar refractivity (Wildman–Crippen MR) is 87.0 cm³/mol. The first-order chi connectivity index (χ1) is 9.66. The molecular formula is C17H20BrNO. The number of halogens is 1. The average molecular weight is 334 g/mol. The molecule has 20 heavy (non-hydrogen) atoms. The van der Waals surface area contributed by atoms with Crippen LogP contribution in [0.2, 0.25) is 0 Å². The van der Waals surface area contributed by atoms with E-state index in [2.05, 4.69) is 40.2 Å². The molecule has 0 saturated carbocycles. The van der Waals surface area contributed by atoms with Crippen molar-refractivity contribution < 1.29 is 4.74 Å². The van der Waals surface area contributed by atoms with Gasteiger partial charge < -0.3 is 10.5 Å². The van der Waals surface area contributed by atoms with Crippen molar-refractivity contribution in [1.29, 1.82) is 0 Å². The second-order valence-electron chi connectivity index (χ2n) is 4.91. The van der Waals surface area contributed by atoms with Crippen LogP contribution < -0.4 is 10.5 Å². The summed E-state index contributed by atoms with van der Waals surface area (Å²) in [6, 6.07) is 16.4. The molecule has 0 aliphatic rings. The van der Waals surface area contributed by atoms with E-state index < -0.39 is 0 Å². The smallest absolute Gasteiger partial charge is 0.124 e. The Bertz CT molecular complexity index is 540. The van der Waals surface area contributed by atoms with E-state index in [1.807, 2.05) is 31.2 Å². The summed E-state index contributed by atoms with van der Waals surface area (Å²) in [5, 5.41) is 0. The number of nitrogens with two attached hydrogens (primary N) is 1. The first kappa shape index (κ1) is 15.1. The summed E-state index contributed by atoms with van der Waals surface area (Å²) >= 11 is 3.47. The maximum absolute atomic E-state index is 5.98. The van der Waals surface area contributed by atoms with Crippen LogP contribution in [0.5, 0.6) is 5.75 Å². The molecule has 0 fully saturated rings. The van der Waals surface area contributed by atoms with Gasteiger partial charge in [0.15, 0.2) is 0 Å². The highest BCUT2D eigenvalue weighted by molar-refractivity contribution is 9.10. The van der Waals surface area contributed by atoms with Gasteiger partial charge in [-0.25, -0.2) is 0 Å². The first-order valence-corrected chi connectivity index (χ1v) is 7.68. The SMILES string of the molecule is CC(N)c1cc(Br)ccc1OCCCc1ccccc1. The lowest BCUT2D eigenvalue weighted by molar-refractivity contribution is 0.306. The van der Waals surface area contributed by atoms with Gasteiger partial charge in [0.2, 0.25) is 0 Å². The molecule has 2 aromatic carbocycles. The summed E-state index contributed by atoms with van der Waals surface area (Å²) in [5.74, 6) is 0.885. The molecule has 2 nitrogen and oxygen atoms in total. The molecule has 0 aliphatic heterocycles. The van der Waals surface area contributed by atoms with Gasteiger partial charge in [0.25, 0.3) is 0 Å². The number of aryl methyl sites for hydroxylation is 1. The molecule has 106 valence electrons. The van der Waals surface area contributed by atoms with E-state index in [0.717, 1.165) is 28.6 Å². The third-order valence-corrected chi connectivity index (χ3v) is 3.67. The van der Waals surface area contributed by atoms with Crippen LogP contribution in [0, 0.1) is 0 Å². The highest BCUT2D eigenvalue weighted by Crippen LogP contribution is 2.27. The molecular weight excluding hydrogens is 314 g/mol. The quantitative estimate of drug-likeness (QED) is 0.791. The molecule has 0 spiro atoms. The van der Waals surface area contributed by atoms with E-state index >= 15 is 0 Å². The van der Waals surface area contributed by atoms with Gasteiger partial charge in [0.1, 0.15) is 5.75 Å². The minimum atomic E-state index is -0.0309. The van der Waals surface area contributed by atoms with E-state index in [4.69, 9.17) is 10.5 Å². The van der Waals surface area contributed by atoms with Gasteiger partial charge in [-0.15, -0.1) is 0 Å². The van der Waals surface area contributed by atoms with Gasteiger partial charge in [0.05, 0.1) is 6.61 Å². The van der Waals surface area contributed by atoms with Crippen molar-refractivity contribution in [3.63, 3.8) is 0 Å². The highest BCUT2D eigenvalue weighted by atomic mass is 79.9. The van der Waals surface area contributed by atoms with Crippen LogP contribution in [0.15, 0.2) is 53.0 Å². The van der Waals surface area contributed by atoms with Crippen molar-refractivity contribution >= 4 is 15.9 Å². The van der Waals surface area contributed by atoms with Gasteiger partial charge in [-0.05, 0) is 43.5 Å². The summed E-state index contributed by atoms with van der Waals surface area (Å²) in [4.78, 5) is 0. The van der Waals surface area contributed by atoms with Crippen molar-refractivity contribution in [3.05, 3.63) is 64.1 Å². The Morgan fingerprint density at radius 2 is 1.90 bits per heavy atom. The minimum absolute atomic E-state index is 0.0309. The Labute approximate surface area is 129 Å². The molecule has 1 unspecified atom stereocenters. The fourth-order valence-electron chi connectivity index (χ4n) is 2.11. The summed E-state index contributed by atoms with van der Waals surface area (Å²) in [6.45, 7) is 2.68. The van der Waals surface area contributed by atoms with Crippen molar-refractivity contribution in [2.45, 2.75) is 25.8 Å². The molecule has 0 aromatic heterocycles. The number of ether oxygens (including phenoxy) is 1. The van der Waals surface area contributed by atoms with Gasteiger partial charge in [-0.2, -0.15) is 0 Å². The highest BCUT2D eigenvalue weighted by Gasteiger charge is 2.08. The van der Waals surface area contributed by atoms with Crippen molar-refractivity contribution in [2.24, 2.45) is 5.73 Å². The molecule has 2 N–H and O–H groups in total. The molecule has 0 saturated heterocycles. The molecule has 0 aliphatic carbocycles. The van der Waals surface area contributed by atoms with Crippen LogP contribution in [0.3, 0.4) is 0 Å². The zero-order chi connectivity index (χ0) is 14.4. The van der Waals surface area contributed by atoms with E-state index in [9.17, 15) is 0 Å². The molecule has 0 bridgehead atoms. The van der Waals surface area contributed by atoms with Crippen LogP contribution >= 0.6 is 15.9 Å². The summed E-state index contributed by atoms with van der Waals surface area (Å²) in [7, 11) is 0. The lowest BCUT2D eigenvalue weighted by atomic mass is 10.1. The zero-order valence-corrected chi connectivity index (χ0v) is 13.3. The third kappa shape index (κ3) is 4.36. The molecule has 0 heterocycles. The van der Waals surface area contributed by atoms with Gasteiger partial charge in [-0.3, -0.25) is 0 Å². The molecule has 1 atom stereocenters. The van der Waals surface area contributed by atoms with Crippen LogP contribution in [0.1, 0.15) is 30.5 Å². The monoisotopic (exact) mass is 333 g/mol. The van der Waals surface area contributed by atoms with Gasteiger partial charge in [0, 0.05) is 16.1 Å². The first-order valence-electron chi connectivity index (χ1n) is 6.88. The van der Waals surface area contributed by atoms with Crippen LogP contribution in [-0.4, -0.2) is 6.61 Å². The van der Waals surface area contributed by atoms with Crippen LogP contribution in [0.4, 0.5) is 0 Å². The second-order valence-corrected chi connectivity index (χ2v) is 5.82. The lowest BCUT2D eigenvalue weighted by Crippen LogP contribution is -2.09. The van der Waals surface area contributed by atoms with Crippen LogP contribution in [-0.2, 0) is 6.42 Å². The molecule has 3 heteroatoms. The Balaban J connectivity index is 1.88. The average Bonchev–Trinajstić information content (AvgIpc) is 2.45. The summed E-state index contributed by atoms with van der Waals surface area (Å²) in [5.41, 5.74) is 8.37. The fraction of sp³-hybridized carbons (Fsp3) is 0.294. The normalized spacial score (nSPS) is 12.2. The molecule has 0 radical (unpaired) electrons. The van der Waals surface area contributed by atoms with Crippen LogP contribution in [0.25, 0.3) is 0 Å². The standard InChI is InChI=1S/C17H20BrNO/c1-13(19)16-12-15(18)9-10-17(16)20-11-5-8-14-6-3-2-4-7-14/h2-4,6-7,9-10,12-13H,5,8,11,19H2,1H3. The van der Waals surface area contributed by atoms with E-state index in [-0.39, 0.29) is 6.04 Å². The number of rotatable bonds is 6. The maximum Gasteiger partial charge on any atom is 0.124 e. The predicted octanol–water partition coefficient (Wildman–Crippen LogP) is 4.48. The lowest BCUT2D eigenvalue weighted by Gasteiger charge is -2.14. The largest absolute Gasteiger partial charge is 0.493 e. The van der Waals surface area contributed by atoms with Crippen molar-refractivity contribution in [3.8, 4) is 5.75 Å². The second kappa shape index (κ2) is 7.46. The van der Waals surface area contributed by atoms with Gasteiger partial charge >= 0.3 is 0 Å². The Hall–Kier alpha value is -1.32.